The van der Waals surface area contributed by atoms with Crippen LogP contribution in [0.1, 0.15) is 44.7 Å². The molecule has 5 heteroatoms. The molecule has 1 aliphatic rings. The molecule has 6 atom stereocenters. The molecule has 31 heavy (non-hydrogen) atoms. The van der Waals surface area contributed by atoms with Crippen LogP contribution in [0, 0.1) is 5.92 Å². The highest BCUT2D eigenvalue weighted by Crippen LogP contribution is 2.33. The minimum Gasteiger partial charge on any atom is -0.394 e. The second-order valence-electron chi connectivity index (χ2n) is 8.34. The predicted molar refractivity (Wildman–Crippen MR) is 120 cm³/mol. The highest BCUT2D eigenvalue weighted by atomic mass is 16.7. The van der Waals surface area contributed by atoms with Crippen LogP contribution in [0.2, 0.25) is 0 Å². The van der Waals surface area contributed by atoms with Gasteiger partial charge < -0.3 is 24.1 Å². The van der Waals surface area contributed by atoms with E-state index in [9.17, 15) is 5.11 Å². The average molecular weight is 429 g/mol. The number of hydrogen-bond donors (Lipinski definition) is 1. The first kappa shape index (κ1) is 23.9. The summed E-state index contributed by atoms with van der Waals surface area (Å²) in [4.78, 5) is 0. The van der Waals surface area contributed by atoms with Gasteiger partial charge in [-0.05, 0) is 24.5 Å². The van der Waals surface area contributed by atoms with Crippen molar-refractivity contribution in [2.24, 2.45) is 5.92 Å². The van der Waals surface area contributed by atoms with Gasteiger partial charge in [-0.2, -0.15) is 0 Å². The number of rotatable bonds is 11. The van der Waals surface area contributed by atoms with E-state index in [-0.39, 0.29) is 24.7 Å². The van der Waals surface area contributed by atoms with Gasteiger partial charge in [-0.1, -0.05) is 80.9 Å². The molecule has 1 heterocycles. The van der Waals surface area contributed by atoms with Crippen molar-refractivity contribution in [3.63, 3.8) is 0 Å². The van der Waals surface area contributed by atoms with Gasteiger partial charge in [0, 0.05) is 5.92 Å². The van der Waals surface area contributed by atoms with E-state index in [1.165, 1.54) is 0 Å². The molecule has 0 saturated carbocycles. The molecule has 1 aliphatic heterocycles. The number of ether oxygens (including phenoxy) is 4. The maximum atomic E-state index is 10.1. The Bertz CT molecular complexity index is 738. The lowest BCUT2D eigenvalue weighted by atomic mass is 9.91. The lowest BCUT2D eigenvalue weighted by Crippen LogP contribution is -2.57. The van der Waals surface area contributed by atoms with E-state index in [1.807, 2.05) is 60.7 Å². The Morgan fingerprint density at radius 1 is 0.903 bits per heavy atom. The average Bonchev–Trinajstić information content (AvgIpc) is 2.80. The van der Waals surface area contributed by atoms with Crippen LogP contribution in [0.3, 0.4) is 0 Å². The van der Waals surface area contributed by atoms with E-state index in [0.29, 0.717) is 13.2 Å². The van der Waals surface area contributed by atoms with Crippen molar-refractivity contribution in [3.05, 3.63) is 71.8 Å². The monoisotopic (exact) mass is 428 g/mol. The maximum Gasteiger partial charge on any atom is 0.163 e. The van der Waals surface area contributed by atoms with Crippen molar-refractivity contribution in [1.82, 2.24) is 0 Å². The fourth-order valence-electron chi connectivity index (χ4n) is 4.03. The summed E-state index contributed by atoms with van der Waals surface area (Å²) in [7, 11) is 0. The molecule has 2 aromatic carbocycles. The van der Waals surface area contributed by atoms with E-state index in [2.05, 4.69) is 20.8 Å². The molecule has 0 unspecified atom stereocenters. The molecule has 0 aliphatic carbocycles. The van der Waals surface area contributed by atoms with Crippen molar-refractivity contribution < 1.29 is 24.1 Å². The van der Waals surface area contributed by atoms with Gasteiger partial charge in [0.05, 0.1) is 32.0 Å². The predicted octanol–water partition coefficient (Wildman–Crippen LogP) is 4.72. The summed E-state index contributed by atoms with van der Waals surface area (Å²) in [5.41, 5.74) is 2.17. The molecule has 0 aromatic heterocycles. The van der Waals surface area contributed by atoms with Crippen LogP contribution < -0.4 is 0 Å². The first-order valence-electron chi connectivity index (χ1n) is 11.3. The first-order valence-corrected chi connectivity index (χ1v) is 11.3. The van der Waals surface area contributed by atoms with Crippen molar-refractivity contribution in [2.45, 2.75) is 77.5 Å². The summed E-state index contributed by atoms with van der Waals surface area (Å²) in [5, 5.41) is 10.1. The Hall–Kier alpha value is -1.76. The zero-order chi connectivity index (χ0) is 22.1. The van der Waals surface area contributed by atoms with Crippen LogP contribution in [-0.2, 0) is 32.2 Å². The summed E-state index contributed by atoms with van der Waals surface area (Å²) in [6, 6.07) is 20.1. The second kappa shape index (κ2) is 12.3. The van der Waals surface area contributed by atoms with Crippen molar-refractivity contribution in [3.8, 4) is 0 Å². The third-order valence-corrected chi connectivity index (χ3v) is 5.76. The topological polar surface area (TPSA) is 57.2 Å². The molecule has 170 valence electrons. The fraction of sp³-hybridized carbons (Fsp3) is 0.538. The van der Waals surface area contributed by atoms with Crippen molar-refractivity contribution in [1.29, 1.82) is 0 Å². The van der Waals surface area contributed by atoms with Gasteiger partial charge in [0.25, 0.3) is 0 Å². The van der Waals surface area contributed by atoms with Gasteiger partial charge in [0.2, 0.25) is 0 Å². The Labute approximate surface area is 186 Å². The Morgan fingerprint density at radius 3 is 1.97 bits per heavy atom. The Balaban J connectivity index is 1.75. The number of benzene rings is 2. The summed E-state index contributed by atoms with van der Waals surface area (Å²) in [6.07, 6.45) is 0.449. The van der Waals surface area contributed by atoms with Gasteiger partial charge in [0.15, 0.2) is 6.29 Å². The Morgan fingerprint density at radius 2 is 1.45 bits per heavy atom. The quantitative estimate of drug-likeness (QED) is 0.561. The van der Waals surface area contributed by atoms with Crippen LogP contribution in [0.5, 0.6) is 0 Å². The summed E-state index contributed by atoms with van der Waals surface area (Å²) >= 11 is 0. The fourth-order valence-corrected chi connectivity index (χ4v) is 4.03. The summed E-state index contributed by atoms with van der Waals surface area (Å²) in [5.74, 6) is -0.0495. The highest BCUT2D eigenvalue weighted by molar-refractivity contribution is 5.14. The van der Waals surface area contributed by atoms with Crippen LogP contribution in [0.4, 0.5) is 0 Å². The number of hydrogen-bond acceptors (Lipinski definition) is 5. The van der Waals surface area contributed by atoms with Gasteiger partial charge in [-0.15, -0.1) is 0 Å². The van der Waals surface area contributed by atoms with Gasteiger partial charge in [0.1, 0.15) is 12.2 Å². The molecule has 0 radical (unpaired) electrons. The number of aliphatic hydroxyl groups excluding tert-OH is 1. The SMILES string of the molecule is CCC[C@H](C)O[C@@H]1O[C@H](CO)[C@@H](OCc2ccccc2)[C@H](OCc2ccccc2)[C@H]1C. The van der Waals surface area contributed by atoms with Crippen LogP contribution in [-0.4, -0.2) is 42.4 Å². The molecule has 1 saturated heterocycles. The minimum absolute atomic E-state index is 0.0495. The van der Waals surface area contributed by atoms with E-state index in [1.54, 1.807) is 0 Å². The third-order valence-electron chi connectivity index (χ3n) is 5.76. The largest absolute Gasteiger partial charge is 0.394 e. The minimum atomic E-state index is -0.514. The maximum absolute atomic E-state index is 10.1. The molecule has 5 nitrogen and oxygen atoms in total. The smallest absolute Gasteiger partial charge is 0.163 e. The number of aliphatic hydroxyl groups is 1. The first-order chi connectivity index (χ1) is 15.1. The van der Waals surface area contributed by atoms with Crippen molar-refractivity contribution >= 4 is 0 Å². The third kappa shape index (κ3) is 6.86. The summed E-state index contributed by atoms with van der Waals surface area (Å²) in [6.45, 7) is 7.02. The molecule has 1 fully saturated rings. The van der Waals surface area contributed by atoms with Gasteiger partial charge >= 0.3 is 0 Å². The van der Waals surface area contributed by atoms with E-state index in [0.717, 1.165) is 24.0 Å². The molecule has 0 spiro atoms. The lowest BCUT2D eigenvalue weighted by Gasteiger charge is -2.45. The van der Waals surface area contributed by atoms with E-state index < -0.39 is 18.5 Å². The van der Waals surface area contributed by atoms with Crippen molar-refractivity contribution in [2.75, 3.05) is 6.61 Å². The second-order valence-corrected chi connectivity index (χ2v) is 8.34. The normalized spacial score (nSPS) is 27.2. The molecule has 3 rings (SSSR count). The molecular formula is C26H36O5. The standard InChI is InChI=1S/C26H36O5/c1-4-11-19(2)30-26-20(3)24(28-17-21-12-7-5-8-13-21)25(23(16-27)31-26)29-18-22-14-9-6-10-15-22/h5-10,12-15,19-20,23-27H,4,11,16-18H2,1-3H3/t19-,20+,23+,24+,25+,26+/m0/s1. The molecular weight excluding hydrogens is 392 g/mol. The zero-order valence-electron chi connectivity index (χ0n) is 18.9. The van der Waals surface area contributed by atoms with Crippen LogP contribution in [0.15, 0.2) is 60.7 Å². The molecule has 0 bridgehead atoms. The molecule has 1 N–H and O–H groups in total. The lowest BCUT2D eigenvalue weighted by molar-refractivity contribution is -0.308. The summed E-state index contributed by atoms with van der Waals surface area (Å²) < 4.78 is 25.0. The molecule has 0 amide bonds. The van der Waals surface area contributed by atoms with E-state index >= 15 is 0 Å². The highest BCUT2D eigenvalue weighted by Gasteiger charge is 2.46. The van der Waals surface area contributed by atoms with Crippen LogP contribution >= 0.6 is 0 Å². The van der Waals surface area contributed by atoms with E-state index in [4.69, 9.17) is 18.9 Å². The van der Waals surface area contributed by atoms with Gasteiger partial charge in [-0.25, -0.2) is 0 Å². The zero-order valence-corrected chi connectivity index (χ0v) is 18.9. The van der Waals surface area contributed by atoms with Gasteiger partial charge in [-0.3, -0.25) is 0 Å². The van der Waals surface area contributed by atoms with Crippen LogP contribution in [0.25, 0.3) is 0 Å². The Kier molecular flexibility index (Phi) is 9.50. The molecule has 2 aromatic rings.